The minimum atomic E-state index is 0.325. The zero-order valence-electron chi connectivity index (χ0n) is 9.05. The first-order chi connectivity index (χ1) is 6.20. The second-order valence-corrected chi connectivity index (χ2v) is 3.63. The van der Waals surface area contributed by atoms with Crippen molar-refractivity contribution in [2.24, 2.45) is 0 Å². The molecule has 1 N–H and O–H groups in total. The predicted octanol–water partition coefficient (Wildman–Crippen LogP) is 2.05. The standard InChI is InChI=1S/C11H23NO/c1-4-11(2)10-12(3)8-6-5-7-9-13/h13H,2,4-10H2,1,3H3. The van der Waals surface area contributed by atoms with Crippen molar-refractivity contribution < 1.29 is 5.11 Å². The summed E-state index contributed by atoms with van der Waals surface area (Å²) < 4.78 is 0. The van der Waals surface area contributed by atoms with Crippen LogP contribution in [0, 0.1) is 0 Å². The molecule has 0 aromatic carbocycles. The van der Waals surface area contributed by atoms with Gasteiger partial charge < -0.3 is 10.0 Å². The Morgan fingerprint density at radius 2 is 2.00 bits per heavy atom. The highest BCUT2D eigenvalue weighted by Crippen LogP contribution is 2.01. The van der Waals surface area contributed by atoms with Crippen LogP contribution >= 0.6 is 0 Å². The normalized spacial score (nSPS) is 10.8. The van der Waals surface area contributed by atoms with Gasteiger partial charge in [0.15, 0.2) is 0 Å². The first-order valence-electron chi connectivity index (χ1n) is 5.16. The van der Waals surface area contributed by atoms with Gasteiger partial charge in [-0.1, -0.05) is 19.1 Å². The number of aliphatic hydroxyl groups excluding tert-OH is 1. The molecule has 13 heavy (non-hydrogen) atoms. The SMILES string of the molecule is C=C(CC)CN(C)CCCCCO. The van der Waals surface area contributed by atoms with Gasteiger partial charge in [-0.15, -0.1) is 0 Å². The molecule has 0 spiro atoms. The fourth-order valence-corrected chi connectivity index (χ4v) is 1.24. The van der Waals surface area contributed by atoms with Crippen LogP contribution in [0.3, 0.4) is 0 Å². The molecule has 0 radical (unpaired) electrons. The molecule has 0 aliphatic heterocycles. The van der Waals surface area contributed by atoms with Crippen molar-refractivity contribution >= 4 is 0 Å². The van der Waals surface area contributed by atoms with Gasteiger partial charge in [-0.2, -0.15) is 0 Å². The summed E-state index contributed by atoms with van der Waals surface area (Å²) in [7, 11) is 2.12. The van der Waals surface area contributed by atoms with Gasteiger partial charge in [-0.3, -0.25) is 0 Å². The van der Waals surface area contributed by atoms with Crippen molar-refractivity contribution in [1.29, 1.82) is 0 Å². The molecule has 0 aromatic rings. The molecular formula is C11H23NO. The molecule has 0 heterocycles. The van der Waals surface area contributed by atoms with Gasteiger partial charge in [-0.05, 0) is 39.3 Å². The first kappa shape index (κ1) is 12.7. The third-order valence-corrected chi connectivity index (χ3v) is 2.19. The number of hydrogen-bond donors (Lipinski definition) is 1. The topological polar surface area (TPSA) is 23.5 Å². The van der Waals surface area contributed by atoms with Crippen molar-refractivity contribution in [2.75, 3.05) is 26.7 Å². The Balaban J connectivity index is 3.29. The maximum absolute atomic E-state index is 8.59. The quantitative estimate of drug-likeness (QED) is 0.462. The van der Waals surface area contributed by atoms with Crippen LogP contribution < -0.4 is 0 Å². The molecule has 0 amide bonds. The lowest BCUT2D eigenvalue weighted by molar-refractivity contribution is 0.275. The van der Waals surface area contributed by atoms with E-state index in [9.17, 15) is 0 Å². The van der Waals surface area contributed by atoms with E-state index in [-0.39, 0.29) is 0 Å². The summed E-state index contributed by atoms with van der Waals surface area (Å²) in [6.07, 6.45) is 4.30. The summed E-state index contributed by atoms with van der Waals surface area (Å²) in [6, 6.07) is 0. The molecule has 0 unspecified atom stereocenters. The Morgan fingerprint density at radius 3 is 2.54 bits per heavy atom. The van der Waals surface area contributed by atoms with E-state index in [4.69, 9.17) is 5.11 Å². The second-order valence-electron chi connectivity index (χ2n) is 3.63. The minimum absolute atomic E-state index is 0.325. The number of nitrogens with zero attached hydrogens (tertiary/aromatic N) is 1. The lowest BCUT2D eigenvalue weighted by Gasteiger charge is -2.17. The zero-order chi connectivity index (χ0) is 10.1. The van der Waals surface area contributed by atoms with E-state index < -0.39 is 0 Å². The maximum Gasteiger partial charge on any atom is 0.0431 e. The lowest BCUT2D eigenvalue weighted by atomic mass is 10.2. The van der Waals surface area contributed by atoms with Crippen LogP contribution in [-0.2, 0) is 0 Å². The van der Waals surface area contributed by atoms with Crippen LogP contribution in [0.5, 0.6) is 0 Å². The van der Waals surface area contributed by atoms with Gasteiger partial charge in [0.25, 0.3) is 0 Å². The molecule has 0 saturated heterocycles. The first-order valence-corrected chi connectivity index (χ1v) is 5.16. The summed E-state index contributed by atoms with van der Waals surface area (Å²) in [4.78, 5) is 2.29. The number of likely N-dealkylation sites (N-methyl/N-ethyl adjacent to an activating group) is 1. The third kappa shape index (κ3) is 8.00. The minimum Gasteiger partial charge on any atom is -0.396 e. The molecule has 0 bridgehead atoms. The van der Waals surface area contributed by atoms with E-state index in [1.807, 2.05) is 0 Å². The smallest absolute Gasteiger partial charge is 0.0431 e. The van der Waals surface area contributed by atoms with Gasteiger partial charge >= 0.3 is 0 Å². The van der Waals surface area contributed by atoms with E-state index in [1.54, 1.807) is 0 Å². The molecule has 0 saturated carbocycles. The van der Waals surface area contributed by atoms with Gasteiger partial charge in [0.05, 0.1) is 0 Å². The molecule has 0 fully saturated rings. The zero-order valence-corrected chi connectivity index (χ0v) is 9.05. The van der Waals surface area contributed by atoms with Crippen LogP contribution in [0.25, 0.3) is 0 Å². The molecular weight excluding hydrogens is 162 g/mol. The van der Waals surface area contributed by atoms with Crippen molar-refractivity contribution in [2.45, 2.75) is 32.6 Å². The van der Waals surface area contributed by atoms with Crippen molar-refractivity contribution in [3.63, 3.8) is 0 Å². The van der Waals surface area contributed by atoms with E-state index >= 15 is 0 Å². The number of aliphatic hydroxyl groups is 1. The summed E-state index contributed by atoms with van der Waals surface area (Å²) in [6.45, 7) is 8.56. The van der Waals surface area contributed by atoms with Crippen molar-refractivity contribution in [3.8, 4) is 0 Å². The number of rotatable bonds is 8. The highest BCUT2D eigenvalue weighted by Gasteiger charge is 1.98. The fraction of sp³-hybridized carbons (Fsp3) is 0.818. The summed E-state index contributed by atoms with van der Waals surface area (Å²) in [5.74, 6) is 0. The molecule has 0 atom stereocenters. The molecule has 0 aromatic heterocycles. The fourth-order valence-electron chi connectivity index (χ4n) is 1.24. The van der Waals surface area contributed by atoms with Crippen LogP contribution in [0.2, 0.25) is 0 Å². The van der Waals surface area contributed by atoms with E-state index in [0.29, 0.717) is 6.61 Å². The Bertz CT molecular complexity index is 134. The monoisotopic (exact) mass is 185 g/mol. The number of hydrogen-bond acceptors (Lipinski definition) is 2. The molecule has 0 aliphatic rings. The van der Waals surface area contributed by atoms with Crippen LogP contribution in [0.1, 0.15) is 32.6 Å². The Kier molecular flexibility index (Phi) is 8.05. The van der Waals surface area contributed by atoms with Gasteiger partial charge in [0, 0.05) is 13.2 Å². The Labute approximate surface area is 82.3 Å². The highest BCUT2D eigenvalue weighted by molar-refractivity contribution is 4.95. The van der Waals surface area contributed by atoms with Crippen molar-refractivity contribution in [1.82, 2.24) is 4.90 Å². The average Bonchev–Trinajstić information content (AvgIpc) is 2.12. The largest absolute Gasteiger partial charge is 0.396 e. The highest BCUT2D eigenvalue weighted by atomic mass is 16.2. The van der Waals surface area contributed by atoms with E-state index in [1.165, 1.54) is 12.0 Å². The molecule has 0 aliphatic carbocycles. The summed E-state index contributed by atoms with van der Waals surface area (Å²) >= 11 is 0. The van der Waals surface area contributed by atoms with Crippen LogP contribution in [0.4, 0.5) is 0 Å². The molecule has 78 valence electrons. The second kappa shape index (κ2) is 8.27. The number of unbranched alkanes of at least 4 members (excludes halogenated alkanes) is 2. The van der Waals surface area contributed by atoms with E-state index in [0.717, 1.165) is 32.4 Å². The Morgan fingerprint density at radius 1 is 1.31 bits per heavy atom. The maximum atomic E-state index is 8.59. The van der Waals surface area contributed by atoms with Crippen LogP contribution in [-0.4, -0.2) is 36.8 Å². The van der Waals surface area contributed by atoms with Gasteiger partial charge in [0.1, 0.15) is 0 Å². The van der Waals surface area contributed by atoms with Gasteiger partial charge in [-0.25, -0.2) is 0 Å². The lowest BCUT2D eigenvalue weighted by Crippen LogP contribution is -2.21. The summed E-state index contributed by atoms with van der Waals surface area (Å²) in [5.41, 5.74) is 1.30. The van der Waals surface area contributed by atoms with Crippen LogP contribution in [0.15, 0.2) is 12.2 Å². The van der Waals surface area contributed by atoms with Crippen molar-refractivity contribution in [3.05, 3.63) is 12.2 Å². The summed E-state index contributed by atoms with van der Waals surface area (Å²) in [5, 5.41) is 8.59. The van der Waals surface area contributed by atoms with E-state index in [2.05, 4.69) is 25.5 Å². The molecule has 0 rings (SSSR count). The Hall–Kier alpha value is -0.340. The van der Waals surface area contributed by atoms with Gasteiger partial charge in [0.2, 0.25) is 0 Å². The average molecular weight is 185 g/mol. The molecule has 2 heteroatoms. The predicted molar refractivity (Wildman–Crippen MR) is 57.9 cm³/mol. The third-order valence-electron chi connectivity index (χ3n) is 2.19. The molecule has 2 nitrogen and oxygen atoms in total.